The Morgan fingerprint density at radius 3 is 2.79 bits per heavy atom. The molecule has 2 heterocycles. The van der Waals surface area contributed by atoms with Crippen LogP contribution in [0.5, 0.6) is 0 Å². The fraction of sp³-hybridized carbons (Fsp3) is 0.529. The average Bonchev–Trinajstić information content (AvgIpc) is 2.83. The van der Waals surface area contributed by atoms with Gasteiger partial charge in [0.05, 0.1) is 0 Å². The summed E-state index contributed by atoms with van der Waals surface area (Å²) in [5.41, 5.74) is 0.895. The SMILES string of the molecule is CC1CC(NC(=O)CC2CSCCN2)C(=O)N1c1ccccc1.Cl. The summed E-state index contributed by atoms with van der Waals surface area (Å²) >= 11 is 1.87. The van der Waals surface area contributed by atoms with E-state index in [4.69, 9.17) is 0 Å². The first kappa shape index (κ1) is 19.1. The maximum absolute atomic E-state index is 12.6. The van der Waals surface area contributed by atoms with Crippen LogP contribution in [0.2, 0.25) is 0 Å². The van der Waals surface area contributed by atoms with Crippen molar-refractivity contribution in [1.82, 2.24) is 10.6 Å². The summed E-state index contributed by atoms with van der Waals surface area (Å²) < 4.78 is 0. The quantitative estimate of drug-likeness (QED) is 0.849. The molecule has 0 saturated carbocycles. The number of hydrogen-bond donors (Lipinski definition) is 2. The summed E-state index contributed by atoms with van der Waals surface area (Å²) in [6.07, 6.45) is 1.10. The molecule has 3 atom stereocenters. The molecule has 132 valence electrons. The van der Waals surface area contributed by atoms with Crippen LogP contribution in [0.25, 0.3) is 0 Å². The van der Waals surface area contributed by atoms with E-state index >= 15 is 0 Å². The molecule has 2 aliphatic heterocycles. The van der Waals surface area contributed by atoms with E-state index in [1.165, 1.54) is 0 Å². The molecule has 0 spiro atoms. The van der Waals surface area contributed by atoms with Crippen molar-refractivity contribution >= 4 is 41.7 Å². The third kappa shape index (κ3) is 4.43. The lowest BCUT2D eigenvalue weighted by molar-refractivity contribution is -0.126. The largest absolute Gasteiger partial charge is 0.344 e. The fourth-order valence-corrected chi connectivity index (χ4v) is 4.20. The van der Waals surface area contributed by atoms with Crippen LogP contribution in [0.4, 0.5) is 5.69 Å². The third-order valence-corrected chi connectivity index (χ3v) is 5.48. The smallest absolute Gasteiger partial charge is 0.249 e. The molecule has 1 aromatic rings. The molecule has 3 rings (SSSR count). The minimum atomic E-state index is -0.408. The predicted molar refractivity (Wildman–Crippen MR) is 101 cm³/mol. The first-order valence-corrected chi connectivity index (χ1v) is 9.29. The monoisotopic (exact) mass is 369 g/mol. The molecule has 7 heteroatoms. The highest BCUT2D eigenvalue weighted by atomic mass is 35.5. The molecule has 2 fully saturated rings. The van der Waals surface area contributed by atoms with Crippen molar-refractivity contribution < 1.29 is 9.59 Å². The summed E-state index contributed by atoms with van der Waals surface area (Å²) in [6.45, 7) is 2.97. The maximum atomic E-state index is 12.6. The Morgan fingerprint density at radius 2 is 2.12 bits per heavy atom. The van der Waals surface area contributed by atoms with Gasteiger partial charge in [-0.25, -0.2) is 0 Å². The highest BCUT2D eigenvalue weighted by Crippen LogP contribution is 2.26. The van der Waals surface area contributed by atoms with E-state index in [0.29, 0.717) is 12.8 Å². The van der Waals surface area contributed by atoms with Gasteiger partial charge in [0, 0.05) is 42.2 Å². The fourth-order valence-electron chi connectivity index (χ4n) is 3.25. The molecule has 2 aliphatic rings. The highest BCUT2D eigenvalue weighted by molar-refractivity contribution is 7.99. The zero-order valence-corrected chi connectivity index (χ0v) is 15.4. The second-order valence-electron chi connectivity index (χ2n) is 6.18. The van der Waals surface area contributed by atoms with Gasteiger partial charge in [-0.1, -0.05) is 18.2 Å². The topological polar surface area (TPSA) is 61.4 Å². The van der Waals surface area contributed by atoms with Crippen LogP contribution in [0.15, 0.2) is 30.3 Å². The van der Waals surface area contributed by atoms with E-state index < -0.39 is 6.04 Å². The van der Waals surface area contributed by atoms with Gasteiger partial charge in [0.2, 0.25) is 11.8 Å². The minimum absolute atomic E-state index is 0. The van der Waals surface area contributed by atoms with Crippen LogP contribution in [0.3, 0.4) is 0 Å². The molecule has 2 saturated heterocycles. The summed E-state index contributed by atoms with van der Waals surface area (Å²) in [6, 6.07) is 9.55. The number of amides is 2. The van der Waals surface area contributed by atoms with Crippen LogP contribution >= 0.6 is 24.2 Å². The summed E-state index contributed by atoms with van der Waals surface area (Å²) in [4.78, 5) is 26.7. The molecular formula is C17H24ClN3O2S. The van der Waals surface area contributed by atoms with E-state index in [9.17, 15) is 9.59 Å². The minimum Gasteiger partial charge on any atom is -0.344 e. The van der Waals surface area contributed by atoms with Crippen LogP contribution in [0.1, 0.15) is 19.8 Å². The first-order chi connectivity index (χ1) is 11.1. The number of halogens is 1. The number of para-hydroxylation sites is 1. The standard InChI is InChI=1S/C17H23N3O2S.ClH/c1-12-9-15(17(22)20(12)14-5-3-2-4-6-14)19-16(21)10-13-11-23-8-7-18-13;/h2-6,12-13,15,18H,7-11H2,1H3,(H,19,21);1H. The Labute approximate surface area is 153 Å². The number of anilines is 1. The van der Waals surface area contributed by atoms with Gasteiger partial charge >= 0.3 is 0 Å². The summed E-state index contributed by atoms with van der Waals surface area (Å²) in [5.74, 6) is 2.01. The van der Waals surface area contributed by atoms with E-state index in [1.54, 1.807) is 4.90 Å². The van der Waals surface area contributed by atoms with Gasteiger partial charge in [0.25, 0.3) is 0 Å². The molecule has 0 aliphatic carbocycles. The second kappa shape index (κ2) is 8.74. The lowest BCUT2D eigenvalue weighted by Crippen LogP contribution is -2.46. The highest BCUT2D eigenvalue weighted by Gasteiger charge is 2.38. The van der Waals surface area contributed by atoms with Crippen molar-refractivity contribution in [2.24, 2.45) is 0 Å². The van der Waals surface area contributed by atoms with Crippen molar-refractivity contribution in [3.8, 4) is 0 Å². The van der Waals surface area contributed by atoms with Gasteiger partial charge in [-0.05, 0) is 25.5 Å². The van der Waals surface area contributed by atoms with Crippen molar-refractivity contribution in [3.05, 3.63) is 30.3 Å². The lowest BCUT2D eigenvalue weighted by Gasteiger charge is -2.23. The number of thioether (sulfide) groups is 1. The van der Waals surface area contributed by atoms with E-state index in [-0.39, 0.29) is 36.3 Å². The Morgan fingerprint density at radius 1 is 1.38 bits per heavy atom. The van der Waals surface area contributed by atoms with Crippen LogP contribution in [-0.2, 0) is 9.59 Å². The van der Waals surface area contributed by atoms with Gasteiger partial charge in [-0.2, -0.15) is 11.8 Å². The summed E-state index contributed by atoms with van der Waals surface area (Å²) in [5, 5.41) is 6.28. The number of hydrogen-bond acceptors (Lipinski definition) is 4. The number of nitrogens with zero attached hydrogens (tertiary/aromatic N) is 1. The van der Waals surface area contributed by atoms with Gasteiger partial charge in [-0.3, -0.25) is 9.59 Å². The number of nitrogens with one attached hydrogen (secondary N) is 2. The molecule has 24 heavy (non-hydrogen) atoms. The molecule has 2 amide bonds. The van der Waals surface area contributed by atoms with Crippen LogP contribution in [0, 0.1) is 0 Å². The third-order valence-electron chi connectivity index (χ3n) is 4.35. The van der Waals surface area contributed by atoms with Gasteiger partial charge in [-0.15, -0.1) is 12.4 Å². The molecule has 5 nitrogen and oxygen atoms in total. The van der Waals surface area contributed by atoms with Crippen LogP contribution < -0.4 is 15.5 Å². The average molecular weight is 370 g/mol. The van der Waals surface area contributed by atoms with E-state index in [2.05, 4.69) is 10.6 Å². The summed E-state index contributed by atoms with van der Waals surface area (Å²) in [7, 11) is 0. The Kier molecular flexibility index (Phi) is 6.95. The molecular weight excluding hydrogens is 346 g/mol. The van der Waals surface area contributed by atoms with E-state index in [1.807, 2.05) is 49.0 Å². The van der Waals surface area contributed by atoms with E-state index in [0.717, 1.165) is 23.7 Å². The van der Waals surface area contributed by atoms with Crippen LogP contribution in [-0.4, -0.2) is 48.0 Å². The zero-order valence-electron chi connectivity index (χ0n) is 13.7. The zero-order chi connectivity index (χ0) is 16.2. The molecule has 2 N–H and O–H groups in total. The van der Waals surface area contributed by atoms with Gasteiger partial charge in [0.15, 0.2) is 0 Å². The van der Waals surface area contributed by atoms with Gasteiger partial charge in [0.1, 0.15) is 6.04 Å². The van der Waals surface area contributed by atoms with Crippen molar-refractivity contribution in [3.63, 3.8) is 0 Å². The van der Waals surface area contributed by atoms with Gasteiger partial charge < -0.3 is 15.5 Å². The van der Waals surface area contributed by atoms with Crippen molar-refractivity contribution in [2.75, 3.05) is 23.0 Å². The molecule has 0 aromatic heterocycles. The lowest BCUT2D eigenvalue weighted by atomic mass is 10.1. The predicted octanol–water partition coefficient (Wildman–Crippen LogP) is 1.81. The first-order valence-electron chi connectivity index (χ1n) is 8.14. The number of carbonyl (C=O) groups is 2. The Balaban J connectivity index is 0.00000208. The molecule has 0 radical (unpaired) electrons. The number of carbonyl (C=O) groups excluding carboxylic acids is 2. The molecule has 3 unspecified atom stereocenters. The number of benzene rings is 1. The molecule has 1 aromatic carbocycles. The Hall–Kier alpha value is -1.24. The molecule has 0 bridgehead atoms. The number of rotatable bonds is 4. The van der Waals surface area contributed by atoms with Crippen molar-refractivity contribution in [2.45, 2.75) is 37.9 Å². The normalized spacial score (nSPS) is 26.8. The maximum Gasteiger partial charge on any atom is 0.249 e. The Bertz CT molecular complexity index is 566. The second-order valence-corrected chi connectivity index (χ2v) is 7.33. The van der Waals surface area contributed by atoms with Crippen molar-refractivity contribution in [1.29, 1.82) is 0 Å².